The van der Waals surface area contributed by atoms with E-state index < -0.39 is 91.5 Å². The summed E-state index contributed by atoms with van der Waals surface area (Å²) in [5.74, 6) is -1.59. The van der Waals surface area contributed by atoms with Crippen LogP contribution in [0.25, 0.3) is 0 Å². The number of aliphatic hydroxyl groups is 2. The highest BCUT2D eigenvalue weighted by atomic mass is 31.2. The molecule has 5 unspecified atom stereocenters. The molecule has 0 rings (SSSR count). The molecule has 0 radical (unpaired) electrons. The first kappa shape index (κ1) is 106. The van der Waals surface area contributed by atoms with Crippen molar-refractivity contribution in [2.24, 2.45) is 0 Å². The molecule has 0 aromatic heterocycles. The van der Waals surface area contributed by atoms with Gasteiger partial charge in [0.2, 0.25) is 0 Å². The second kappa shape index (κ2) is 84.8. The Morgan fingerprint density at radius 3 is 0.757 bits per heavy atom. The zero-order valence-corrected chi connectivity index (χ0v) is 71.9. The molecule has 18 heteroatoms. The minimum absolute atomic E-state index is 0.0890. The van der Waals surface area contributed by atoms with Gasteiger partial charge in [0.25, 0.3) is 0 Å². The molecule has 638 valence electrons. The van der Waals surface area contributed by atoms with Crippen LogP contribution >= 0.6 is 15.6 Å². The monoisotopic (exact) mass is 1600 g/mol. The van der Waals surface area contributed by atoms with E-state index in [0.29, 0.717) is 19.3 Å². The maximum absolute atomic E-state index is 13.0. The fourth-order valence-electron chi connectivity index (χ4n) is 11.9. The molecule has 5 atom stereocenters. The minimum Gasteiger partial charge on any atom is -0.463 e. The number of unbranched alkanes of at least 4 members (excludes halogenated alkanes) is 36. The number of hydrogen-bond acceptors (Lipinski definition) is 14. The Balaban J connectivity index is 4.50. The summed E-state index contributed by atoms with van der Waals surface area (Å²) in [6, 6.07) is 0. The molecule has 0 aromatic carbocycles. The van der Waals surface area contributed by atoms with Gasteiger partial charge in [-0.15, -0.1) is 0 Å². The highest BCUT2D eigenvalue weighted by Gasteiger charge is 2.29. The van der Waals surface area contributed by atoms with Gasteiger partial charge in [-0.1, -0.05) is 353 Å². The first-order valence-electron chi connectivity index (χ1n) is 44.1. The summed E-state index contributed by atoms with van der Waals surface area (Å²) in [5, 5.41) is 20.7. The maximum atomic E-state index is 13.0. The number of phosphoric ester groups is 2. The van der Waals surface area contributed by atoms with Gasteiger partial charge in [-0.2, -0.15) is 0 Å². The first-order chi connectivity index (χ1) is 54.2. The van der Waals surface area contributed by atoms with Crippen LogP contribution in [-0.2, 0) is 55.8 Å². The number of hydrogen-bond donors (Lipinski definition) is 4. The topological polar surface area (TPSA) is 231 Å². The number of aliphatic hydroxyl groups excluding tert-OH is 2. The molecular weight excluding hydrogens is 1430 g/mol. The van der Waals surface area contributed by atoms with Crippen LogP contribution < -0.4 is 0 Å². The molecule has 4 N–H and O–H groups in total. The third kappa shape index (κ3) is 86.1. The number of phosphoric acid groups is 2. The number of ether oxygens (including phenoxy) is 3. The Hall–Kier alpha value is -4.57. The Kier molecular flexibility index (Phi) is 81.3. The number of carbonyl (C=O) groups excluding carboxylic acids is 3. The molecule has 0 aliphatic rings. The van der Waals surface area contributed by atoms with Crippen molar-refractivity contribution < 1.29 is 75.8 Å². The summed E-state index contributed by atoms with van der Waals surface area (Å²) >= 11 is 0. The van der Waals surface area contributed by atoms with E-state index >= 15 is 0 Å². The van der Waals surface area contributed by atoms with Crippen molar-refractivity contribution in [2.45, 2.75) is 386 Å². The van der Waals surface area contributed by atoms with Crippen LogP contribution in [0.1, 0.15) is 367 Å². The summed E-state index contributed by atoms with van der Waals surface area (Å²) in [5.41, 5.74) is 0. The number of allylic oxidation sites excluding steroid dienone is 24. The lowest BCUT2D eigenvalue weighted by atomic mass is 10.0. The standard InChI is InChI=1S/C93H160O16P2/c1-4-7-10-13-16-19-22-25-28-31-33-35-37-39-40-41-42-43-44-45-46-48-50-51-53-56-58-61-64-67-70-73-76-79-91(96)103-82-88(94)83-105-110(99,100)106-84-89(95)85-107-111(101,102)108-87-90(109-93(98)81-78-75-72-69-66-63-60-55-30-27-24-21-18-15-12-9-6-3)86-104-92(97)80-77-74-71-68-65-62-59-57-54-52-49-47-38-36-34-32-29-26-23-20-17-14-11-8-5-2/h8-9,11-12,16-21,25-30,33-36,39-40,47,49,88-90,94-95H,4-7,10,13-15,22-24,31-32,37-38,41-46,48,50-87H2,1-3H3,(H,99,100)(H,101,102)/b11-8-,12-9-,19-16-,20-17-,21-18-,28-25-,29-26-,30-27-,35-33-,36-34-,40-39-,49-47-. The lowest BCUT2D eigenvalue weighted by Gasteiger charge is -2.21. The Labute approximate surface area is 677 Å². The number of carbonyl (C=O) groups is 3. The van der Waals surface area contributed by atoms with Gasteiger partial charge in [0.15, 0.2) is 6.10 Å². The van der Waals surface area contributed by atoms with Crippen LogP contribution in [0.3, 0.4) is 0 Å². The molecule has 0 saturated heterocycles. The molecule has 0 aliphatic carbocycles. The number of esters is 3. The summed E-state index contributed by atoms with van der Waals surface area (Å²) in [7, 11) is -9.81. The molecule has 0 saturated carbocycles. The third-order valence-corrected chi connectivity index (χ3v) is 20.4. The molecule has 0 amide bonds. The van der Waals surface area contributed by atoms with E-state index in [-0.39, 0.29) is 19.3 Å². The summed E-state index contributed by atoms with van der Waals surface area (Å²) in [6.45, 7) is 2.45. The fraction of sp³-hybridized carbons (Fsp3) is 0.710. The van der Waals surface area contributed by atoms with Crippen LogP contribution in [0.4, 0.5) is 0 Å². The van der Waals surface area contributed by atoms with E-state index in [1.54, 1.807) is 0 Å². The van der Waals surface area contributed by atoms with Crippen molar-refractivity contribution in [1.29, 1.82) is 0 Å². The second-order valence-corrected chi connectivity index (χ2v) is 32.2. The smallest absolute Gasteiger partial charge is 0.463 e. The summed E-state index contributed by atoms with van der Waals surface area (Å²) < 4.78 is 61.4. The predicted molar refractivity (Wildman–Crippen MR) is 463 cm³/mol. The summed E-state index contributed by atoms with van der Waals surface area (Å²) in [4.78, 5) is 58.9. The van der Waals surface area contributed by atoms with Crippen LogP contribution in [0.2, 0.25) is 0 Å². The van der Waals surface area contributed by atoms with Gasteiger partial charge in [-0.05, 0) is 141 Å². The Morgan fingerprint density at radius 2 is 0.477 bits per heavy atom. The van der Waals surface area contributed by atoms with Gasteiger partial charge in [-0.25, -0.2) is 9.13 Å². The maximum Gasteiger partial charge on any atom is 0.472 e. The normalized spacial score (nSPS) is 14.5. The van der Waals surface area contributed by atoms with Gasteiger partial charge in [-0.3, -0.25) is 32.5 Å². The van der Waals surface area contributed by atoms with Crippen LogP contribution in [0.5, 0.6) is 0 Å². The average molecular weight is 1600 g/mol. The summed E-state index contributed by atoms with van der Waals surface area (Å²) in [6.07, 6.45) is 106. The molecule has 0 bridgehead atoms. The first-order valence-corrected chi connectivity index (χ1v) is 47.1. The van der Waals surface area contributed by atoms with E-state index in [1.807, 2.05) is 0 Å². The van der Waals surface area contributed by atoms with Crippen molar-refractivity contribution >= 4 is 33.6 Å². The molecule has 0 aliphatic heterocycles. The van der Waals surface area contributed by atoms with Gasteiger partial charge in [0, 0.05) is 19.3 Å². The largest absolute Gasteiger partial charge is 0.472 e. The molecule has 16 nitrogen and oxygen atoms in total. The van der Waals surface area contributed by atoms with Crippen LogP contribution in [0, 0.1) is 0 Å². The molecule has 111 heavy (non-hydrogen) atoms. The Morgan fingerprint density at radius 1 is 0.261 bits per heavy atom. The van der Waals surface area contributed by atoms with Gasteiger partial charge < -0.3 is 34.2 Å². The van der Waals surface area contributed by atoms with Gasteiger partial charge in [0.05, 0.1) is 26.4 Å². The van der Waals surface area contributed by atoms with E-state index in [2.05, 4.69) is 167 Å². The van der Waals surface area contributed by atoms with Gasteiger partial charge in [0.1, 0.15) is 25.4 Å². The van der Waals surface area contributed by atoms with E-state index in [0.717, 1.165) is 167 Å². The van der Waals surface area contributed by atoms with E-state index in [1.165, 1.54) is 141 Å². The van der Waals surface area contributed by atoms with Crippen molar-refractivity contribution in [3.05, 3.63) is 146 Å². The molecular formula is C93H160O16P2. The average Bonchev–Trinajstić information content (AvgIpc) is 0.903. The number of rotatable bonds is 83. The Bertz CT molecular complexity index is 2600. The van der Waals surface area contributed by atoms with Crippen LogP contribution in [0.15, 0.2) is 146 Å². The SMILES string of the molecule is CC/C=C\C/C=C\C/C=C\C/C=C\C/C=C\CCCCCCCCCCCC(=O)OCC(COP(=O)(O)OCC(O)COP(=O)(O)OCC(O)COC(=O)CCCCCCCCCCCCCCCCCCC/C=C\C/C=C\C/C=C\C/C=C\CCCCC)OC(=O)CCCCCCCCC/C=C\C/C=C\C/C=C\CC. The highest BCUT2D eigenvalue weighted by molar-refractivity contribution is 7.47. The van der Waals surface area contributed by atoms with Crippen LogP contribution in [-0.4, -0.2) is 95.9 Å². The van der Waals surface area contributed by atoms with Crippen molar-refractivity contribution in [3.63, 3.8) is 0 Å². The van der Waals surface area contributed by atoms with Crippen molar-refractivity contribution in [1.82, 2.24) is 0 Å². The van der Waals surface area contributed by atoms with E-state index in [4.69, 9.17) is 32.3 Å². The zero-order chi connectivity index (χ0) is 80.8. The second-order valence-electron chi connectivity index (χ2n) is 29.3. The molecule has 0 spiro atoms. The highest BCUT2D eigenvalue weighted by Crippen LogP contribution is 2.45. The zero-order valence-electron chi connectivity index (χ0n) is 70.1. The third-order valence-electron chi connectivity index (χ3n) is 18.5. The molecule has 0 aromatic rings. The molecule has 0 fully saturated rings. The lowest BCUT2D eigenvalue weighted by molar-refractivity contribution is -0.161. The molecule has 0 heterocycles. The van der Waals surface area contributed by atoms with Crippen molar-refractivity contribution in [3.8, 4) is 0 Å². The lowest BCUT2D eigenvalue weighted by Crippen LogP contribution is -2.30. The van der Waals surface area contributed by atoms with Crippen molar-refractivity contribution in [2.75, 3.05) is 39.6 Å². The fourth-order valence-corrected chi connectivity index (χ4v) is 13.5. The van der Waals surface area contributed by atoms with E-state index in [9.17, 15) is 43.5 Å². The van der Waals surface area contributed by atoms with Gasteiger partial charge >= 0.3 is 33.6 Å². The quantitative estimate of drug-likeness (QED) is 0.0146. The minimum atomic E-state index is -4.94. The predicted octanol–water partition coefficient (Wildman–Crippen LogP) is 26.8.